The van der Waals surface area contributed by atoms with Gasteiger partial charge in [-0.05, 0) is 42.5 Å². The molecule has 1 aromatic heterocycles. The Hall–Kier alpha value is -3.06. The zero-order chi connectivity index (χ0) is 19.1. The zero-order valence-electron chi connectivity index (χ0n) is 15.3. The number of carbonyl (C=O) groups excluding carboxylic acids is 1. The van der Waals surface area contributed by atoms with Crippen molar-refractivity contribution in [3.63, 3.8) is 0 Å². The van der Waals surface area contributed by atoms with Gasteiger partial charge in [-0.25, -0.2) is 4.98 Å². The van der Waals surface area contributed by atoms with Crippen molar-refractivity contribution in [2.24, 2.45) is 0 Å². The monoisotopic (exact) mass is 394 g/mol. The van der Waals surface area contributed by atoms with Gasteiger partial charge in [0.1, 0.15) is 10.8 Å². The second kappa shape index (κ2) is 6.83. The highest BCUT2D eigenvalue weighted by atomic mass is 32.1. The molecule has 0 spiro atoms. The van der Waals surface area contributed by atoms with Crippen LogP contribution >= 0.6 is 11.3 Å². The molecule has 142 valence electrons. The minimum absolute atomic E-state index is 0.00310. The Morgan fingerprint density at radius 1 is 1.14 bits per heavy atom. The maximum Gasteiger partial charge on any atom is 0.254 e. The first-order chi connectivity index (χ1) is 13.7. The average molecular weight is 394 g/mol. The van der Waals surface area contributed by atoms with Gasteiger partial charge in [-0.1, -0.05) is 0 Å². The molecule has 3 aromatic rings. The smallest absolute Gasteiger partial charge is 0.254 e. The number of ether oxygens (including phenoxy) is 3. The zero-order valence-corrected chi connectivity index (χ0v) is 16.1. The summed E-state index contributed by atoms with van der Waals surface area (Å²) >= 11 is 1.65. The molecule has 3 heterocycles. The van der Waals surface area contributed by atoms with E-state index in [1.807, 2.05) is 29.2 Å². The van der Waals surface area contributed by atoms with E-state index in [9.17, 15) is 4.79 Å². The molecular weight excluding hydrogens is 376 g/mol. The number of thiazole rings is 1. The first kappa shape index (κ1) is 17.1. The molecular formula is C21H18N2O4S. The third-order valence-electron chi connectivity index (χ3n) is 4.97. The van der Waals surface area contributed by atoms with Crippen LogP contribution < -0.4 is 14.2 Å². The standard InChI is InChI=1S/C21H18N2O4S/c1-25-15-5-2-13(3-6-15)20-22-16-8-9-23(11-19(16)28-20)21(24)14-4-7-17-18(10-14)27-12-26-17/h2-7,10H,8-9,11-12H2,1H3. The van der Waals surface area contributed by atoms with E-state index in [0.29, 0.717) is 30.2 Å². The Morgan fingerprint density at radius 2 is 1.96 bits per heavy atom. The van der Waals surface area contributed by atoms with Crippen LogP contribution in [0.4, 0.5) is 0 Å². The predicted octanol–water partition coefficient (Wildman–Crippen LogP) is 3.75. The van der Waals surface area contributed by atoms with Crippen molar-refractivity contribution in [3.8, 4) is 27.8 Å². The van der Waals surface area contributed by atoms with Crippen LogP contribution in [0.15, 0.2) is 42.5 Å². The molecule has 0 atom stereocenters. The fraction of sp³-hybridized carbons (Fsp3) is 0.238. The van der Waals surface area contributed by atoms with Crippen molar-refractivity contribution in [1.29, 1.82) is 0 Å². The third kappa shape index (κ3) is 2.97. The van der Waals surface area contributed by atoms with Crippen molar-refractivity contribution in [3.05, 3.63) is 58.6 Å². The summed E-state index contributed by atoms with van der Waals surface area (Å²) in [6, 6.07) is 13.2. The average Bonchev–Trinajstić information content (AvgIpc) is 3.38. The number of benzene rings is 2. The fourth-order valence-electron chi connectivity index (χ4n) is 3.44. The van der Waals surface area contributed by atoms with E-state index in [-0.39, 0.29) is 12.7 Å². The number of methoxy groups -OCH3 is 1. The van der Waals surface area contributed by atoms with E-state index in [1.165, 1.54) is 0 Å². The van der Waals surface area contributed by atoms with Crippen LogP contribution in [-0.2, 0) is 13.0 Å². The van der Waals surface area contributed by atoms with Gasteiger partial charge in [-0.15, -0.1) is 11.3 Å². The predicted molar refractivity (Wildman–Crippen MR) is 105 cm³/mol. The normalized spacial score (nSPS) is 14.7. The summed E-state index contributed by atoms with van der Waals surface area (Å²) in [4.78, 5) is 20.8. The number of fused-ring (bicyclic) bond motifs is 2. The fourth-order valence-corrected chi connectivity index (χ4v) is 4.57. The largest absolute Gasteiger partial charge is 0.497 e. The van der Waals surface area contributed by atoms with Gasteiger partial charge in [-0.2, -0.15) is 0 Å². The highest BCUT2D eigenvalue weighted by Crippen LogP contribution is 2.35. The van der Waals surface area contributed by atoms with Crippen LogP contribution in [0.2, 0.25) is 0 Å². The number of amides is 1. The van der Waals surface area contributed by atoms with Crippen molar-refractivity contribution < 1.29 is 19.0 Å². The van der Waals surface area contributed by atoms with Crippen LogP contribution in [0.5, 0.6) is 17.2 Å². The van der Waals surface area contributed by atoms with Crippen LogP contribution in [-0.4, -0.2) is 36.2 Å². The summed E-state index contributed by atoms with van der Waals surface area (Å²) in [5, 5.41) is 0.977. The molecule has 0 N–H and O–H groups in total. The Morgan fingerprint density at radius 3 is 2.79 bits per heavy atom. The Bertz CT molecular complexity index is 1050. The van der Waals surface area contributed by atoms with E-state index < -0.39 is 0 Å². The van der Waals surface area contributed by atoms with E-state index in [1.54, 1.807) is 36.6 Å². The molecule has 2 aromatic carbocycles. The molecule has 0 bridgehead atoms. The lowest BCUT2D eigenvalue weighted by Crippen LogP contribution is -2.35. The SMILES string of the molecule is COc1ccc(-c2nc3c(s2)CN(C(=O)c2ccc4c(c2)OCO4)CC3)cc1. The lowest BCUT2D eigenvalue weighted by molar-refractivity contribution is 0.0736. The molecule has 2 aliphatic heterocycles. The van der Waals surface area contributed by atoms with E-state index >= 15 is 0 Å². The molecule has 0 radical (unpaired) electrons. The molecule has 0 fully saturated rings. The summed E-state index contributed by atoms with van der Waals surface area (Å²) in [6.07, 6.45) is 0.762. The highest BCUT2D eigenvalue weighted by molar-refractivity contribution is 7.15. The Labute approximate surface area is 166 Å². The van der Waals surface area contributed by atoms with Crippen LogP contribution in [0.25, 0.3) is 10.6 Å². The van der Waals surface area contributed by atoms with Crippen molar-refractivity contribution in [1.82, 2.24) is 9.88 Å². The molecule has 7 heteroatoms. The molecule has 0 aliphatic carbocycles. The molecule has 0 unspecified atom stereocenters. The molecule has 1 amide bonds. The summed E-state index contributed by atoms with van der Waals surface area (Å²) in [7, 11) is 1.66. The number of carbonyl (C=O) groups is 1. The van der Waals surface area contributed by atoms with E-state index in [0.717, 1.165) is 33.3 Å². The molecule has 5 rings (SSSR count). The topological polar surface area (TPSA) is 60.9 Å². The first-order valence-electron chi connectivity index (χ1n) is 9.03. The van der Waals surface area contributed by atoms with Crippen LogP contribution in [0.3, 0.4) is 0 Å². The maximum absolute atomic E-state index is 13.0. The number of hydrogen-bond acceptors (Lipinski definition) is 6. The number of nitrogens with zero attached hydrogens (tertiary/aromatic N) is 2. The van der Waals surface area contributed by atoms with Gasteiger partial charge >= 0.3 is 0 Å². The lowest BCUT2D eigenvalue weighted by Gasteiger charge is -2.26. The van der Waals surface area contributed by atoms with Gasteiger partial charge in [0, 0.05) is 29.0 Å². The highest BCUT2D eigenvalue weighted by Gasteiger charge is 2.26. The Balaban J connectivity index is 1.36. The van der Waals surface area contributed by atoms with Gasteiger partial charge in [0.2, 0.25) is 6.79 Å². The van der Waals surface area contributed by atoms with Crippen molar-refractivity contribution in [2.45, 2.75) is 13.0 Å². The summed E-state index contributed by atoms with van der Waals surface area (Å²) in [5.74, 6) is 2.14. The van der Waals surface area contributed by atoms with Crippen LogP contribution in [0, 0.1) is 0 Å². The van der Waals surface area contributed by atoms with Gasteiger partial charge in [-0.3, -0.25) is 4.79 Å². The summed E-state index contributed by atoms with van der Waals surface area (Å²) in [5.41, 5.74) is 2.77. The summed E-state index contributed by atoms with van der Waals surface area (Å²) in [6.45, 7) is 1.44. The van der Waals surface area contributed by atoms with Crippen LogP contribution in [0.1, 0.15) is 20.9 Å². The minimum Gasteiger partial charge on any atom is -0.497 e. The van der Waals surface area contributed by atoms with Gasteiger partial charge < -0.3 is 19.1 Å². The maximum atomic E-state index is 13.0. The first-order valence-corrected chi connectivity index (χ1v) is 9.85. The third-order valence-corrected chi connectivity index (χ3v) is 6.11. The molecule has 28 heavy (non-hydrogen) atoms. The number of hydrogen-bond donors (Lipinski definition) is 0. The summed E-state index contributed by atoms with van der Waals surface area (Å²) < 4.78 is 15.9. The molecule has 2 aliphatic rings. The number of rotatable bonds is 3. The lowest BCUT2D eigenvalue weighted by atomic mass is 10.1. The second-order valence-electron chi connectivity index (χ2n) is 6.66. The van der Waals surface area contributed by atoms with E-state index in [2.05, 4.69) is 0 Å². The second-order valence-corrected chi connectivity index (χ2v) is 7.75. The van der Waals surface area contributed by atoms with Gasteiger partial charge in [0.05, 0.1) is 19.3 Å². The minimum atomic E-state index is 0.00310. The Kier molecular flexibility index (Phi) is 4.16. The molecule has 6 nitrogen and oxygen atoms in total. The van der Waals surface area contributed by atoms with E-state index in [4.69, 9.17) is 19.2 Å². The van der Waals surface area contributed by atoms with Crippen molar-refractivity contribution >= 4 is 17.2 Å². The number of aromatic nitrogens is 1. The van der Waals surface area contributed by atoms with Crippen molar-refractivity contribution in [2.75, 3.05) is 20.4 Å². The molecule has 0 saturated carbocycles. The molecule has 0 saturated heterocycles. The van der Waals surface area contributed by atoms with Gasteiger partial charge in [0.25, 0.3) is 5.91 Å². The quantitative estimate of drug-likeness (QED) is 0.677. The van der Waals surface area contributed by atoms with Gasteiger partial charge in [0.15, 0.2) is 11.5 Å².